The number of hydrogen-bond donors (Lipinski definition) is 0. The summed E-state index contributed by atoms with van der Waals surface area (Å²) in [6, 6.07) is 10.8. The molecule has 1 rings (SSSR count). The lowest BCUT2D eigenvalue weighted by atomic mass is 10.0. The Labute approximate surface area is 127 Å². The first-order valence-corrected chi connectivity index (χ1v) is 8.26. The van der Waals surface area contributed by atoms with Crippen molar-refractivity contribution in [3.8, 4) is 0 Å². The number of carbonyl (C=O) groups is 1. The van der Waals surface area contributed by atoms with Gasteiger partial charge in [0.05, 0.1) is 0 Å². The molecule has 0 aromatic heterocycles. The van der Waals surface area contributed by atoms with Gasteiger partial charge in [-0.15, -0.1) is 11.8 Å². The average molecular weight is 293 g/mol. The van der Waals surface area contributed by atoms with Gasteiger partial charge in [-0.3, -0.25) is 4.79 Å². The minimum atomic E-state index is 0.0185. The lowest BCUT2D eigenvalue weighted by Crippen LogP contribution is -2.46. The lowest BCUT2D eigenvalue weighted by molar-refractivity contribution is -0.138. The summed E-state index contributed by atoms with van der Waals surface area (Å²) in [6.07, 6.45) is 0. The number of nitrogens with zero attached hydrogens (tertiary/aromatic N) is 1. The van der Waals surface area contributed by atoms with Crippen molar-refractivity contribution in [2.75, 3.05) is 0 Å². The van der Waals surface area contributed by atoms with Crippen molar-refractivity contribution in [1.82, 2.24) is 4.90 Å². The van der Waals surface area contributed by atoms with Crippen LogP contribution in [0.4, 0.5) is 0 Å². The molecule has 0 unspecified atom stereocenters. The van der Waals surface area contributed by atoms with E-state index in [0.29, 0.717) is 0 Å². The topological polar surface area (TPSA) is 20.3 Å². The fourth-order valence-electron chi connectivity index (χ4n) is 2.36. The van der Waals surface area contributed by atoms with E-state index in [2.05, 4.69) is 46.8 Å². The van der Waals surface area contributed by atoms with E-state index < -0.39 is 0 Å². The fourth-order valence-corrected chi connectivity index (χ4v) is 3.42. The molecule has 2 atom stereocenters. The number of amides is 1. The molecule has 0 saturated carbocycles. The number of benzene rings is 1. The summed E-state index contributed by atoms with van der Waals surface area (Å²) in [4.78, 5) is 15.9. The zero-order valence-corrected chi connectivity index (χ0v) is 14.3. The molecule has 0 bridgehead atoms. The van der Waals surface area contributed by atoms with Gasteiger partial charge in [-0.2, -0.15) is 0 Å². The van der Waals surface area contributed by atoms with E-state index >= 15 is 0 Å². The van der Waals surface area contributed by atoms with E-state index in [9.17, 15) is 4.79 Å². The number of hydrogen-bond acceptors (Lipinski definition) is 2. The predicted octanol–water partition coefficient (Wildman–Crippen LogP) is 4.45. The molecule has 112 valence electrons. The molecule has 0 spiro atoms. The molecule has 1 aromatic rings. The zero-order chi connectivity index (χ0) is 15.3. The SMILES string of the molecule is CC(C)N(C(=O)[C@H](C)[C@H](C)Sc1ccccc1)C(C)C. The van der Waals surface area contributed by atoms with Crippen molar-refractivity contribution in [2.24, 2.45) is 5.92 Å². The molecule has 0 aliphatic heterocycles. The summed E-state index contributed by atoms with van der Waals surface area (Å²) >= 11 is 1.77. The molecule has 3 heteroatoms. The van der Waals surface area contributed by atoms with Gasteiger partial charge in [0, 0.05) is 28.1 Å². The van der Waals surface area contributed by atoms with Crippen LogP contribution in [0.5, 0.6) is 0 Å². The van der Waals surface area contributed by atoms with Crippen LogP contribution in [0.25, 0.3) is 0 Å². The van der Waals surface area contributed by atoms with Crippen molar-refractivity contribution in [2.45, 2.75) is 63.8 Å². The second kappa shape index (κ2) is 7.72. The minimum Gasteiger partial charge on any atom is -0.338 e. The Balaban J connectivity index is 2.72. The van der Waals surface area contributed by atoms with Crippen molar-refractivity contribution in [3.63, 3.8) is 0 Å². The third-order valence-corrected chi connectivity index (χ3v) is 4.85. The number of thioether (sulfide) groups is 1. The molecule has 2 nitrogen and oxygen atoms in total. The van der Waals surface area contributed by atoms with E-state index in [4.69, 9.17) is 0 Å². The molecule has 1 amide bonds. The maximum absolute atomic E-state index is 12.7. The van der Waals surface area contributed by atoms with Crippen LogP contribution in [0.3, 0.4) is 0 Å². The highest BCUT2D eigenvalue weighted by Gasteiger charge is 2.28. The maximum Gasteiger partial charge on any atom is 0.226 e. The van der Waals surface area contributed by atoms with Crippen molar-refractivity contribution in [3.05, 3.63) is 30.3 Å². The van der Waals surface area contributed by atoms with Crippen LogP contribution in [-0.4, -0.2) is 28.1 Å². The van der Waals surface area contributed by atoms with Gasteiger partial charge < -0.3 is 4.90 Å². The Morgan fingerprint density at radius 1 is 0.950 bits per heavy atom. The van der Waals surface area contributed by atoms with Gasteiger partial charge in [0.2, 0.25) is 5.91 Å². The molecule has 0 fully saturated rings. The zero-order valence-electron chi connectivity index (χ0n) is 13.5. The largest absolute Gasteiger partial charge is 0.338 e. The molecule has 0 saturated heterocycles. The molecule has 0 aliphatic rings. The molecule has 0 N–H and O–H groups in total. The summed E-state index contributed by atoms with van der Waals surface area (Å²) < 4.78 is 0. The molecule has 0 radical (unpaired) electrons. The Kier molecular flexibility index (Phi) is 6.60. The summed E-state index contributed by atoms with van der Waals surface area (Å²) in [5.41, 5.74) is 0. The standard InChI is InChI=1S/C17H27NOS/c1-12(2)18(13(3)4)17(19)14(5)15(6)20-16-10-8-7-9-11-16/h7-15H,1-6H3/t14-,15+/m1/s1. The second-order valence-electron chi connectivity index (χ2n) is 5.86. The Morgan fingerprint density at radius 3 is 1.90 bits per heavy atom. The van der Waals surface area contributed by atoms with E-state index in [0.717, 1.165) is 0 Å². The molecule has 20 heavy (non-hydrogen) atoms. The molecule has 0 heterocycles. The highest BCUT2D eigenvalue weighted by Crippen LogP contribution is 2.29. The van der Waals surface area contributed by atoms with E-state index in [1.54, 1.807) is 11.8 Å². The summed E-state index contributed by atoms with van der Waals surface area (Å²) in [7, 11) is 0. The minimum absolute atomic E-state index is 0.0185. The van der Waals surface area contributed by atoms with E-state index in [-0.39, 0.29) is 29.2 Å². The lowest BCUT2D eigenvalue weighted by Gasteiger charge is -2.34. The molecular formula is C17H27NOS. The van der Waals surface area contributed by atoms with Crippen LogP contribution in [0, 0.1) is 5.92 Å². The van der Waals surface area contributed by atoms with Crippen molar-refractivity contribution >= 4 is 17.7 Å². The van der Waals surface area contributed by atoms with Crippen LogP contribution < -0.4 is 0 Å². The van der Waals surface area contributed by atoms with Gasteiger partial charge in [0.1, 0.15) is 0 Å². The van der Waals surface area contributed by atoms with Gasteiger partial charge in [-0.25, -0.2) is 0 Å². The quantitative estimate of drug-likeness (QED) is 0.722. The number of rotatable bonds is 6. The highest BCUT2D eigenvalue weighted by atomic mass is 32.2. The summed E-state index contributed by atoms with van der Waals surface area (Å²) in [6.45, 7) is 12.5. The molecular weight excluding hydrogens is 266 g/mol. The van der Waals surface area contributed by atoms with Crippen molar-refractivity contribution < 1.29 is 4.79 Å². The Bertz CT molecular complexity index is 408. The number of carbonyl (C=O) groups excluding carboxylic acids is 1. The van der Waals surface area contributed by atoms with Crippen LogP contribution in [0.1, 0.15) is 41.5 Å². The van der Waals surface area contributed by atoms with Crippen molar-refractivity contribution in [1.29, 1.82) is 0 Å². The third kappa shape index (κ3) is 4.55. The predicted molar refractivity (Wildman–Crippen MR) is 88.0 cm³/mol. The van der Waals surface area contributed by atoms with Gasteiger partial charge in [-0.1, -0.05) is 32.0 Å². The monoisotopic (exact) mass is 293 g/mol. The summed E-state index contributed by atoms with van der Waals surface area (Å²) in [5.74, 6) is 0.274. The first-order chi connectivity index (χ1) is 9.34. The second-order valence-corrected chi connectivity index (χ2v) is 7.31. The van der Waals surface area contributed by atoms with E-state index in [1.807, 2.05) is 30.0 Å². The molecule has 1 aromatic carbocycles. The van der Waals surface area contributed by atoms with Gasteiger partial charge >= 0.3 is 0 Å². The van der Waals surface area contributed by atoms with Crippen LogP contribution >= 0.6 is 11.8 Å². The van der Waals surface area contributed by atoms with Crippen LogP contribution in [0.2, 0.25) is 0 Å². The molecule has 0 aliphatic carbocycles. The third-order valence-electron chi connectivity index (χ3n) is 3.53. The fraction of sp³-hybridized carbons (Fsp3) is 0.588. The van der Waals surface area contributed by atoms with Gasteiger partial charge in [0.25, 0.3) is 0 Å². The smallest absolute Gasteiger partial charge is 0.226 e. The summed E-state index contributed by atoms with van der Waals surface area (Å²) in [5, 5.41) is 0.268. The van der Waals surface area contributed by atoms with Crippen LogP contribution in [0.15, 0.2) is 35.2 Å². The normalized spacial score (nSPS) is 14.4. The first kappa shape index (κ1) is 17.1. The van der Waals surface area contributed by atoms with Crippen LogP contribution in [-0.2, 0) is 4.79 Å². The van der Waals surface area contributed by atoms with E-state index in [1.165, 1.54) is 4.90 Å². The Morgan fingerprint density at radius 2 is 1.45 bits per heavy atom. The van der Waals surface area contributed by atoms with Gasteiger partial charge in [0.15, 0.2) is 0 Å². The van der Waals surface area contributed by atoms with Gasteiger partial charge in [-0.05, 0) is 39.8 Å². The average Bonchev–Trinajstić information content (AvgIpc) is 2.37. The highest BCUT2D eigenvalue weighted by molar-refractivity contribution is 8.00. The Hall–Kier alpha value is -0.960. The first-order valence-electron chi connectivity index (χ1n) is 7.38. The maximum atomic E-state index is 12.7.